The summed E-state index contributed by atoms with van der Waals surface area (Å²) in [6, 6.07) is 0. The molecule has 50 valence electrons. The van der Waals surface area contributed by atoms with E-state index >= 15 is 0 Å². The van der Waals surface area contributed by atoms with E-state index in [-0.39, 0.29) is 29.2 Å². The monoisotopic (exact) mass is 160 g/mol. The van der Waals surface area contributed by atoms with Crippen LogP contribution in [0.2, 0.25) is 0 Å². The first-order valence-corrected chi connectivity index (χ1v) is 4.30. The molecule has 0 bridgehead atoms. The summed E-state index contributed by atoms with van der Waals surface area (Å²) in [7, 11) is -4.18. The third-order valence-corrected chi connectivity index (χ3v) is 1.65. The Morgan fingerprint density at radius 3 is 2.00 bits per heavy atom. The van der Waals surface area contributed by atoms with Crippen molar-refractivity contribution in [2.24, 2.45) is 0 Å². The minimum atomic E-state index is -4.18. The summed E-state index contributed by atoms with van der Waals surface area (Å²) < 4.78 is 9.86. The molecular weight excluding hydrogens is 151 g/mol. The Balaban J connectivity index is 0. The fourth-order valence-electron chi connectivity index (χ4n) is 0.352. The zero-order valence-corrected chi connectivity index (χ0v) is 7.81. The SMILES string of the molecule is CCCCP(=O)([O-])[O-].[Mg+2]. The number of hydrogen-bond donors (Lipinski definition) is 0. The Hall–Kier alpha value is 0.916. The maximum absolute atomic E-state index is 9.86. The van der Waals surface area contributed by atoms with Crippen molar-refractivity contribution in [1.29, 1.82) is 0 Å². The van der Waals surface area contributed by atoms with E-state index in [1.807, 2.05) is 6.92 Å². The van der Waals surface area contributed by atoms with Gasteiger partial charge in [0.1, 0.15) is 0 Å². The second-order valence-electron chi connectivity index (χ2n) is 1.69. The van der Waals surface area contributed by atoms with Gasteiger partial charge in [-0.1, -0.05) is 20.9 Å². The Morgan fingerprint density at radius 2 is 1.89 bits per heavy atom. The zero-order chi connectivity index (χ0) is 6.62. The summed E-state index contributed by atoms with van der Waals surface area (Å²) in [5, 5.41) is 0. The molecule has 3 nitrogen and oxygen atoms in total. The van der Waals surface area contributed by atoms with Gasteiger partial charge in [0.25, 0.3) is 0 Å². The van der Waals surface area contributed by atoms with Gasteiger partial charge in [-0.2, -0.15) is 0 Å². The summed E-state index contributed by atoms with van der Waals surface area (Å²) in [5.74, 6) is 0. The predicted octanol–water partition coefficient (Wildman–Crippen LogP) is -0.681. The van der Waals surface area contributed by atoms with Gasteiger partial charge in [0, 0.05) is 0 Å². The Bertz CT molecular complexity index is 100.0. The Labute approximate surface area is 71.2 Å². The molecule has 0 N–H and O–H groups in total. The van der Waals surface area contributed by atoms with Crippen molar-refractivity contribution in [2.75, 3.05) is 6.16 Å². The van der Waals surface area contributed by atoms with Crippen LogP contribution in [0.3, 0.4) is 0 Å². The van der Waals surface area contributed by atoms with Gasteiger partial charge >= 0.3 is 23.1 Å². The van der Waals surface area contributed by atoms with E-state index in [2.05, 4.69) is 0 Å². The molecule has 0 aliphatic carbocycles. The second kappa shape index (κ2) is 5.68. The van der Waals surface area contributed by atoms with Crippen LogP contribution in [0, 0.1) is 0 Å². The van der Waals surface area contributed by atoms with E-state index in [0.717, 1.165) is 6.42 Å². The van der Waals surface area contributed by atoms with Gasteiger partial charge in [-0.25, -0.2) is 0 Å². The van der Waals surface area contributed by atoms with Crippen LogP contribution in [0.25, 0.3) is 0 Å². The number of rotatable bonds is 3. The van der Waals surface area contributed by atoms with Gasteiger partial charge in [0.15, 0.2) is 0 Å². The summed E-state index contributed by atoms with van der Waals surface area (Å²) in [6.07, 6.45) is 1.06. The van der Waals surface area contributed by atoms with E-state index in [1.165, 1.54) is 0 Å². The van der Waals surface area contributed by atoms with E-state index in [4.69, 9.17) is 0 Å². The molecule has 0 aliphatic heterocycles. The average Bonchev–Trinajstić information content (AvgIpc) is 1.59. The van der Waals surface area contributed by atoms with Gasteiger partial charge in [-0.05, 0) is 12.6 Å². The predicted molar refractivity (Wildman–Crippen MR) is 33.1 cm³/mol. The van der Waals surface area contributed by atoms with Crippen molar-refractivity contribution in [3.8, 4) is 0 Å². The van der Waals surface area contributed by atoms with Gasteiger partial charge in [-0.15, -0.1) is 0 Å². The normalized spacial score (nSPS) is 10.6. The van der Waals surface area contributed by atoms with E-state index < -0.39 is 7.60 Å². The van der Waals surface area contributed by atoms with Crippen molar-refractivity contribution < 1.29 is 14.4 Å². The summed E-state index contributed by atoms with van der Waals surface area (Å²) >= 11 is 0. The van der Waals surface area contributed by atoms with E-state index in [1.54, 1.807) is 0 Å². The molecule has 0 unspecified atom stereocenters. The molecule has 0 saturated carbocycles. The molecule has 0 fully saturated rings. The Kier molecular flexibility index (Phi) is 7.94. The molecule has 0 atom stereocenters. The van der Waals surface area contributed by atoms with Crippen molar-refractivity contribution in [2.45, 2.75) is 19.8 Å². The topological polar surface area (TPSA) is 63.2 Å². The molecule has 0 radical (unpaired) electrons. The number of hydrogen-bond acceptors (Lipinski definition) is 3. The molecule has 0 amide bonds. The van der Waals surface area contributed by atoms with Crippen LogP contribution in [-0.4, -0.2) is 29.2 Å². The van der Waals surface area contributed by atoms with Gasteiger partial charge in [0.05, 0.1) is 0 Å². The third-order valence-electron chi connectivity index (χ3n) is 0.786. The smallest absolute Gasteiger partial charge is 0.811 e. The molecule has 0 aromatic heterocycles. The number of unbranched alkanes of at least 4 members (excludes halogenated alkanes) is 1. The van der Waals surface area contributed by atoms with Crippen LogP contribution in [0.5, 0.6) is 0 Å². The maximum Gasteiger partial charge on any atom is 2.00 e. The first kappa shape index (κ1) is 12.6. The molecule has 0 spiro atoms. The van der Waals surface area contributed by atoms with Crippen LogP contribution in [0.15, 0.2) is 0 Å². The molecule has 0 aromatic carbocycles. The molecule has 0 aromatic rings. The van der Waals surface area contributed by atoms with Crippen LogP contribution < -0.4 is 9.79 Å². The minimum Gasteiger partial charge on any atom is -0.811 e. The van der Waals surface area contributed by atoms with Crippen LogP contribution in [0.4, 0.5) is 0 Å². The first-order chi connectivity index (χ1) is 3.56. The molecule has 5 heteroatoms. The molecule has 9 heavy (non-hydrogen) atoms. The summed E-state index contributed by atoms with van der Waals surface area (Å²) in [5.41, 5.74) is 0. The van der Waals surface area contributed by atoms with Crippen molar-refractivity contribution >= 4 is 30.6 Å². The van der Waals surface area contributed by atoms with Crippen LogP contribution >= 0.6 is 7.60 Å². The quantitative estimate of drug-likeness (QED) is 0.406. The van der Waals surface area contributed by atoms with Gasteiger partial charge < -0.3 is 14.4 Å². The van der Waals surface area contributed by atoms with E-state index in [9.17, 15) is 14.4 Å². The largest absolute Gasteiger partial charge is 2.00 e. The molecule has 0 rings (SSSR count). The molecule has 0 saturated heterocycles. The average molecular weight is 160 g/mol. The standard InChI is InChI=1S/C4H11O3P.Mg/c1-2-3-4-8(5,6)7;/h2-4H2,1H3,(H2,5,6,7);/q;+2/p-2. The zero-order valence-electron chi connectivity index (χ0n) is 5.50. The third kappa shape index (κ3) is 12.2. The Morgan fingerprint density at radius 1 is 1.44 bits per heavy atom. The first-order valence-electron chi connectivity index (χ1n) is 2.57. The van der Waals surface area contributed by atoms with Crippen LogP contribution in [-0.2, 0) is 4.57 Å². The molecule has 0 aliphatic rings. The molecular formula is C4H9MgO3P. The minimum absolute atomic E-state index is 0. The maximum atomic E-state index is 9.86. The second-order valence-corrected chi connectivity index (χ2v) is 3.36. The van der Waals surface area contributed by atoms with Crippen LogP contribution in [0.1, 0.15) is 19.8 Å². The fraction of sp³-hybridized carbons (Fsp3) is 1.00. The van der Waals surface area contributed by atoms with Gasteiger partial charge in [0.2, 0.25) is 0 Å². The fourth-order valence-corrected chi connectivity index (χ4v) is 1.06. The van der Waals surface area contributed by atoms with E-state index in [0.29, 0.717) is 6.42 Å². The van der Waals surface area contributed by atoms with Crippen molar-refractivity contribution in [3.05, 3.63) is 0 Å². The molecule has 0 heterocycles. The van der Waals surface area contributed by atoms with Crippen molar-refractivity contribution in [3.63, 3.8) is 0 Å². The summed E-state index contributed by atoms with van der Waals surface area (Å²) in [6.45, 7) is 1.84. The summed E-state index contributed by atoms with van der Waals surface area (Å²) in [4.78, 5) is 19.7. The van der Waals surface area contributed by atoms with Crippen molar-refractivity contribution in [1.82, 2.24) is 0 Å². The van der Waals surface area contributed by atoms with Gasteiger partial charge in [-0.3, -0.25) is 0 Å².